The van der Waals surface area contributed by atoms with E-state index in [1.807, 2.05) is 10.8 Å². The lowest BCUT2D eigenvalue weighted by molar-refractivity contribution is 0.0952. The van der Waals surface area contributed by atoms with Crippen molar-refractivity contribution in [3.63, 3.8) is 0 Å². The van der Waals surface area contributed by atoms with E-state index in [1.54, 1.807) is 31.6 Å². The van der Waals surface area contributed by atoms with E-state index in [0.717, 1.165) is 0 Å². The van der Waals surface area contributed by atoms with Crippen molar-refractivity contribution < 1.29 is 9.18 Å². The molecule has 0 atom stereocenters. The van der Waals surface area contributed by atoms with Gasteiger partial charge in [-0.05, 0) is 24.6 Å². The number of carbonyl (C=O) groups is 1. The quantitative estimate of drug-likeness (QED) is 0.894. The maximum absolute atomic E-state index is 13.3. The number of aromatic nitrogens is 2. The molecule has 0 spiro atoms. The molecule has 18 heavy (non-hydrogen) atoms. The summed E-state index contributed by atoms with van der Waals surface area (Å²) in [6, 6.07) is 4.47. The van der Waals surface area contributed by atoms with Crippen LogP contribution in [0.4, 0.5) is 4.39 Å². The third-order valence-corrected chi connectivity index (χ3v) is 2.65. The molecule has 0 bridgehead atoms. The molecule has 0 fully saturated rings. The highest BCUT2D eigenvalue weighted by atomic mass is 19.1. The molecular weight excluding hydrogens is 233 g/mol. The monoisotopic (exact) mass is 247 g/mol. The summed E-state index contributed by atoms with van der Waals surface area (Å²) in [7, 11) is 0. The van der Waals surface area contributed by atoms with Gasteiger partial charge in [-0.2, -0.15) is 0 Å². The first kappa shape index (κ1) is 12.3. The van der Waals surface area contributed by atoms with Crippen molar-refractivity contribution in [3.8, 4) is 0 Å². The summed E-state index contributed by atoms with van der Waals surface area (Å²) in [5.41, 5.74) is 0.869. The average Bonchev–Trinajstić information content (AvgIpc) is 2.85. The number of aryl methyl sites for hydroxylation is 1. The second kappa shape index (κ2) is 5.44. The van der Waals surface area contributed by atoms with Crippen molar-refractivity contribution >= 4 is 5.91 Å². The fraction of sp³-hybridized carbons (Fsp3) is 0.231. The van der Waals surface area contributed by atoms with Crippen molar-refractivity contribution in [3.05, 3.63) is 53.9 Å². The molecule has 1 amide bonds. The van der Waals surface area contributed by atoms with Crippen LogP contribution in [0.5, 0.6) is 0 Å². The molecule has 0 aliphatic rings. The van der Waals surface area contributed by atoms with Crippen molar-refractivity contribution in [2.24, 2.45) is 0 Å². The number of benzene rings is 1. The summed E-state index contributed by atoms with van der Waals surface area (Å²) < 4.78 is 15.1. The van der Waals surface area contributed by atoms with Crippen LogP contribution in [-0.2, 0) is 6.54 Å². The summed E-state index contributed by atoms with van der Waals surface area (Å²) in [5.74, 6) is -0.633. The lowest BCUT2D eigenvalue weighted by atomic mass is 10.1. The highest BCUT2D eigenvalue weighted by Gasteiger charge is 2.07. The third kappa shape index (κ3) is 2.94. The summed E-state index contributed by atoms with van der Waals surface area (Å²) >= 11 is 0. The summed E-state index contributed by atoms with van der Waals surface area (Å²) in [6.07, 6.45) is 5.17. The molecule has 4 nitrogen and oxygen atoms in total. The summed E-state index contributed by atoms with van der Waals surface area (Å²) in [4.78, 5) is 15.6. The highest BCUT2D eigenvalue weighted by molar-refractivity contribution is 5.94. The molecule has 1 aromatic carbocycles. The largest absolute Gasteiger partial charge is 0.350 e. The van der Waals surface area contributed by atoms with Gasteiger partial charge in [-0.25, -0.2) is 9.37 Å². The van der Waals surface area contributed by atoms with Gasteiger partial charge >= 0.3 is 0 Å². The zero-order valence-corrected chi connectivity index (χ0v) is 10.1. The van der Waals surface area contributed by atoms with E-state index in [2.05, 4.69) is 10.3 Å². The van der Waals surface area contributed by atoms with E-state index >= 15 is 0 Å². The van der Waals surface area contributed by atoms with Crippen LogP contribution in [0.3, 0.4) is 0 Å². The van der Waals surface area contributed by atoms with Crippen molar-refractivity contribution in [2.75, 3.05) is 6.54 Å². The van der Waals surface area contributed by atoms with Crippen LogP contribution in [-0.4, -0.2) is 22.0 Å². The molecule has 0 aliphatic carbocycles. The summed E-state index contributed by atoms with van der Waals surface area (Å²) in [5, 5.41) is 2.73. The molecule has 0 radical (unpaired) electrons. The number of hydrogen-bond acceptors (Lipinski definition) is 2. The van der Waals surface area contributed by atoms with Crippen LogP contribution in [0.15, 0.2) is 36.9 Å². The van der Waals surface area contributed by atoms with Crippen LogP contribution in [0, 0.1) is 12.7 Å². The number of hydrogen-bond donors (Lipinski definition) is 1. The predicted octanol–water partition coefficient (Wildman–Crippen LogP) is 1.76. The molecule has 2 aromatic rings. The first-order chi connectivity index (χ1) is 8.66. The van der Waals surface area contributed by atoms with E-state index in [-0.39, 0.29) is 11.7 Å². The van der Waals surface area contributed by atoms with Crippen molar-refractivity contribution in [1.29, 1.82) is 0 Å². The normalized spacial score (nSPS) is 10.3. The lowest BCUT2D eigenvalue weighted by Crippen LogP contribution is -2.27. The molecule has 2 rings (SSSR count). The Morgan fingerprint density at radius 2 is 2.33 bits per heavy atom. The van der Waals surface area contributed by atoms with Gasteiger partial charge < -0.3 is 9.88 Å². The second-order valence-corrected chi connectivity index (χ2v) is 4.02. The first-order valence-electron chi connectivity index (χ1n) is 5.67. The van der Waals surface area contributed by atoms with Crippen LogP contribution in [0.1, 0.15) is 15.9 Å². The predicted molar refractivity (Wildman–Crippen MR) is 65.7 cm³/mol. The topological polar surface area (TPSA) is 46.9 Å². The van der Waals surface area contributed by atoms with Gasteiger partial charge in [-0.3, -0.25) is 4.79 Å². The maximum atomic E-state index is 13.3. The van der Waals surface area contributed by atoms with E-state index in [1.165, 1.54) is 6.07 Å². The summed E-state index contributed by atoms with van der Waals surface area (Å²) in [6.45, 7) is 2.78. The van der Waals surface area contributed by atoms with Gasteiger partial charge in [0, 0.05) is 31.0 Å². The molecular formula is C13H14FN3O. The van der Waals surface area contributed by atoms with Gasteiger partial charge in [-0.1, -0.05) is 6.07 Å². The zero-order valence-electron chi connectivity index (χ0n) is 10.1. The van der Waals surface area contributed by atoms with Gasteiger partial charge in [0.15, 0.2) is 0 Å². The van der Waals surface area contributed by atoms with Crippen LogP contribution in [0.2, 0.25) is 0 Å². The Hall–Kier alpha value is -2.17. The van der Waals surface area contributed by atoms with Crippen molar-refractivity contribution in [1.82, 2.24) is 14.9 Å². The second-order valence-electron chi connectivity index (χ2n) is 4.02. The Bertz CT molecular complexity index is 537. The van der Waals surface area contributed by atoms with E-state index in [0.29, 0.717) is 24.2 Å². The van der Waals surface area contributed by atoms with Crippen LogP contribution in [0.25, 0.3) is 0 Å². The number of amides is 1. The molecule has 1 aromatic heterocycles. The number of nitrogens with zero attached hydrogens (tertiary/aromatic N) is 2. The average molecular weight is 247 g/mol. The number of imidazole rings is 1. The van der Waals surface area contributed by atoms with E-state index in [9.17, 15) is 9.18 Å². The zero-order chi connectivity index (χ0) is 13.0. The lowest BCUT2D eigenvalue weighted by Gasteiger charge is -2.06. The molecule has 0 saturated heterocycles. The molecule has 1 N–H and O–H groups in total. The van der Waals surface area contributed by atoms with Gasteiger partial charge in [0.2, 0.25) is 0 Å². The first-order valence-corrected chi connectivity index (χ1v) is 5.67. The number of nitrogens with one attached hydrogen (secondary N) is 1. The molecule has 0 aliphatic heterocycles. The molecule has 0 unspecified atom stereocenters. The Morgan fingerprint density at radius 3 is 3.00 bits per heavy atom. The number of rotatable bonds is 4. The van der Waals surface area contributed by atoms with Crippen molar-refractivity contribution in [2.45, 2.75) is 13.5 Å². The van der Waals surface area contributed by atoms with E-state index < -0.39 is 0 Å². The molecule has 5 heteroatoms. The SMILES string of the molecule is Cc1ccc(C(=O)NCCn2ccnc2)cc1F. The Morgan fingerprint density at radius 1 is 1.50 bits per heavy atom. The van der Waals surface area contributed by atoms with Crippen LogP contribution < -0.4 is 5.32 Å². The van der Waals surface area contributed by atoms with Gasteiger partial charge in [-0.15, -0.1) is 0 Å². The maximum Gasteiger partial charge on any atom is 0.251 e. The number of carbonyl (C=O) groups excluding carboxylic acids is 1. The Labute approximate surface area is 104 Å². The smallest absolute Gasteiger partial charge is 0.251 e. The van der Waals surface area contributed by atoms with E-state index in [4.69, 9.17) is 0 Å². The number of halogens is 1. The van der Waals surface area contributed by atoms with Crippen LogP contribution >= 0.6 is 0 Å². The van der Waals surface area contributed by atoms with Gasteiger partial charge in [0.1, 0.15) is 5.82 Å². The molecule has 94 valence electrons. The Kier molecular flexibility index (Phi) is 3.72. The highest BCUT2D eigenvalue weighted by Crippen LogP contribution is 2.08. The minimum atomic E-state index is -0.364. The fourth-order valence-electron chi connectivity index (χ4n) is 1.55. The molecule has 1 heterocycles. The minimum absolute atomic E-state index is 0.269. The minimum Gasteiger partial charge on any atom is -0.350 e. The van der Waals surface area contributed by atoms with Gasteiger partial charge in [0.25, 0.3) is 5.91 Å². The fourth-order valence-corrected chi connectivity index (χ4v) is 1.55. The standard InChI is InChI=1S/C13H14FN3O/c1-10-2-3-11(8-12(10)14)13(18)16-5-7-17-6-4-15-9-17/h2-4,6,8-9H,5,7H2,1H3,(H,16,18). The van der Waals surface area contributed by atoms with Gasteiger partial charge in [0.05, 0.1) is 6.33 Å². The molecule has 0 saturated carbocycles. The third-order valence-electron chi connectivity index (χ3n) is 2.65. The Balaban J connectivity index is 1.89.